The SMILES string of the molecule is Cc1ccc(S(=O)(=O)NCc2ncc[nH]2)cc1CO. The molecule has 19 heavy (non-hydrogen) atoms. The maximum absolute atomic E-state index is 12.1. The molecule has 6 nitrogen and oxygen atoms in total. The van der Waals surface area contributed by atoms with Gasteiger partial charge in [0.25, 0.3) is 0 Å². The number of benzene rings is 1. The van der Waals surface area contributed by atoms with Crippen molar-refractivity contribution in [1.29, 1.82) is 0 Å². The van der Waals surface area contributed by atoms with Crippen LogP contribution in [0.15, 0.2) is 35.5 Å². The van der Waals surface area contributed by atoms with Crippen molar-refractivity contribution >= 4 is 10.0 Å². The minimum atomic E-state index is -3.61. The predicted octanol–water partition coefficient (Wildman–Crippen LogP) is 0.689. The van der Waals surface area contributed by atoms with E-state index >= 15 is 0 Å². The maximum atomic E-state index is 12.1. The summed E-state index contributed by atoms with van der Waals surface area (Å²) in [5.41, 5.74) is 1.45. The third kappa shape index (κ3) is 3.19. The topological polar surface area (TPSA) is 95.1 Å². The Balaban J connectivity index is 2.19. The molecule has 0 amide bonds. The summed E-state index contributed by atoms with van der Waals surface area (Å²) in [6, 6.07) is 4.66. The highest BCUT2D eigenvalue weighted by molar-refractivity contribution is 7.89. The lowest BCUT2D eigenvalue weighted by molar-refractivity contribution is 0.280. The van der Waals surface area contributed by atoms with Crippen LogP contribution in [0.1, 0.15) is 17.0 Å². The summed E-state index contributed by atoms with van der Waals surface area (Å²) in [4.78, 5) is 6.89. The van der Waals surface area contributed by atoms with E-state index in [1.165, 1.54) is 12.1 Å². The third-order valence-electron chi connectivity index (χ3n) is 2.79. The first kappa shape index (κ1) is 13.7. The Hall–Kier alpha value is -1.70. The van der Waals surface area contributed by atoms with Crippen LogP contribution in [0.25, 0.3) is 0 Å². The summed E-state index contributed by atoms with van der Waals surface area (Å²) in [5.74, 6) is 0.540. The van der Waals surface area contributed by atoms with Gasteiger partial charge >= 0.3 is 0 Å². The zero-order valence-corrected chi connectivity index (χ0v) is 11.2. The second-order valence-electron chi connectivity index (χ2n) is 4.11. The minimum absolute atomic E-state index is 0.0949. The number of hydrogen-bond donors (Lipinski definition) is 3. The zero-order valence-electron chi connectivity index (χ0n) is 10.4. The highest BCUT2D eigenvalue weighted by Gasteiger charge is 2.15. The summed E-state index contributed by atoms with van der Waals surface area (Å²) in [6.45, 7) is 1.73. The first-order chi connectivity index (χ1) is 9.03. The number of aromatic nitrogens is 2. The van der Waals surface area contributed by atoms with Crippen molar-refractivity contribution in [2.45, 2.75) is 25.0 Å². The van der Waals surface area contributed by atoms with Crippen LogP contribution in [0.2, 0.25) is 0 Å². The van der Waals surface area contributed by atoms with Gasteiger partial charge in [-0.1, -0.05) is 6.07 Å². The van der Waals surface area contributed by atoms with E-state index in [1.807, 2.05) is 6.92 Å². The number of imidazole rings is 1. The molecule has 102 valence electrons. The lowest BCUT2D eigenvalue weighted by atomic mass is 10.1. The number of nitrogens with one attached hydrogen (secondary N) is 2. The number of rotatable bonds is 5. The largest absolute Gasteiger partial charge is 0.392 e. The molecule has 2 aromatic rings. The Labute approximate surface area is 111 Å². The van der Waals surface area contributed by atoms with Crippen LogP contribution in [0, 0.1) is 6.92 Å². The molecule has 0 radical (unpaired) electrons. The molecule has 0 fully saturated rings. The fourth-order valence-corrected chi connectivity index (χ4v) is 2.66. The van der Waals surface area contributed by atoms with Crippen molar-refractivity contribution in [3.05, 3.63) is 47.5 Å². The smallest absolute Gasteiger partial charge is 0.240 e. The Bertz CT molecular complexity index is 651. The number of aliphatic hydroxyl groups excluding tert-OH is 1. The van der Waals surface area contributed by atoms with E-state index in [-0.39, 0.29) is 18.0 Å². The normalized spacial score (nSPS) is 11.7. The van der Waals surface area contributed by atoms with Gasteiger partial charge in [0.05, 0.1) is 18.0 Å². The Morgan fingerprint density at radius 2 is 2.21 bits per heavy atom. The molecule has 1 aromatic heterocycles. The molecule has 3 N–H and O–H groups in total. The molecule has 0 bridgehead atoms. The van der Waals surface area contributed by atoms with Gasteiger partial charge < -0.3 is 10.1 Å². The fourth-order valence-electron chi connectivity index (χ4n) is 1.63. The molecule has 0 saturated carbocycles. The monoisotopic (exact) mass is 281 g/mol. The van der Waals surface area contributed by atoms with E-state index in [0.29, 0.717) is 11.4 Å². The first-order valence-corrected chi connectivity index (χ1v) is 7.19. The number of sulfonamides is 1. The van der Waals surface area contributed by atoms with Crippen LogP contribution in [-0.2, 0) is 23.2 Å². The number of H-pyrrole nitrogens is 1. The van der Waals surface area contributed by atoms with Crippen LogP contribution >= 0.6 is 0 Å². The van der Waals surface area contributed by atoms with Crippen molar-refractivity contribution in [2.24, 2.45) is 0 Å². The third-order valence-corrected chi connectivity index (χ3v) is 4.18. The van der Waals surface area contributed by atoms with E-state index in [4.69, 9.17) is 5.11 Å². The molecule has 0 unspecified atom stereocenters. The molecule has 0 atom stereocenters. The highest BCUT2D eigenvalue weighted by Crippen LogP contribution is 2.15. The summed E-state index contributed by atoms with van der Waals surface area (Å²) in [5, 5.41) is 9.16. The van der Waals surface area contributed by atoms with Gasteiger partial charge in [-0.15, -0.1) is 0 Å². The highest BCUT2D eigenvalue weighted by atomic mass is 32.2. The Morgan fingerprint density at radius 1 is 1.42 bits per heavy atom. The van der Waals surface area contributed by atoms with Gasteiger partial charge in [0.15, 0.2) is 0 Å². The second-order valence-corrected chi connectivity index (χ2v) is 5.87. The van der Waals surface area contributed by atoms with Crippen molar-refractivity contribution in [1.82, 2.24) is 14.7 Å². The molecule has 0 aliphatic heterocycles. The van der Waals surface area contributed by atoms with Crippen molar-refractivity contribution in [3.8, 4) is 0 Å². The van der Waals surface area contributed by atoms with Crippen LogP contribution in [-0.4, -0.2) is 23.5 Å². The minimum Gasteiger partial charge on any atom is -0.392 e. The molecule has 0 saturated heterocycles. The number of aromatic amines is 1. The Kier molecular flexibility index (Phi) is 3.98. The molecule has 1 heterocycles. The maximum Gasteiger partial charge on any atom is 0.240 e. The van der Waals surface area contributed by atoms with Crippen molar-refractivity contribution < 1.29 is 13.5 Å². The summed E-state index contributed by atoms with van der Waals surface area (Å²) < 4.78 is 26.6. The van der Waals surface area contributed by atoms with E-state index in [1.54, 1.807) is 18.5 Å². The van der Waals surface area contributed by atoms with Gasteiger partial charge in [0.1, 0.15) is 5.82 Å². The van der Waals surface area contributed by atoms with E-state index in [2.05, 4.69) is 14.7 Å². The molecule has 7 heteroatoms. The van der Waals surface area contributed by atoms with E-state index in [0.717, 1.165) is 5.56 Å². The average molecular weight is 281 g/mol. The summed E-state index contributed by atoms with van der Waals surface area (Å²) >= 11 is 0. The number of nitrogens with zero attached hydrogens (tertiary/aromatic N) is 1. The van der Waals surface area contributed by atoms with Crippen molar-refractivity contribution in [3.63, 3.8) is 0 Å². The van der Waals surface area contributed by atoms with Gasteiger partial charge in [-0.3, -0.25) is 0 Å². The van der Waals surface area contributed by atoms with E-state index < -0.39 is 10.0 Å². The van der Waals surface area contributed by atoms with Gasteiger partial charge in [-0.05, 0) is 30.2 Å². The quantitative estimate of drug-likeness (QED) is 0.751. The predicted molar refractivity (Wildman–Crippen MR) is 69.7 cm³/mol. The molecule has 1 aromatic carbocycles. The summed E-state index contributed by atoms with van der Waals surface area (Å²) in [7, 11) is -3.61. The molecule has 2 rings (SSSR count). The van der Waals surface area contributed by atoms with Gasteiger partial charge in [0.2, 0.25) is 10.0 Å². The second kappa shape index (κ2) is 5.52. The van der Waals surface area contributed by atoms with E-state index in [9.17, 15) is 8.42 Å². The van der Waals surface area contributed by atoms with Crippen molar-refractivity contribution in [2.75, 3.05) is 0 Å². The lowest BCUT2D eigenvalue weighted by Gasteiger charge is -2.08. The summed E-state index contributed by atoms with van der Waals surface area (Å²) in [6.07, 6.45) is 3.18. The number of hydrogen-bond acceptors (Lipinski definition) is 4. The molecule has 0 spiro atoms. The number of aliphatic hydroxyl groups is 1. The Morgan fingerprint density at radius 3 is 2.84 bits per heavy atom. The average Bonchev–Trinajstić information content (AvgIpc) is 2.90. The van der Waals surface area contributed by atoms with Crippen LogP contribution in [0.5, 0.6) is 0 Å². The zero-order chi connectivity index (χ0) is 13.9. The molecular formula is C12H15N3O3S. The van der Waals surface area contributed by atoms with Crippen LogP contribution in [0.3, 0.4) is 0 Å². The fraction of sp³-hybridized carbons (Fsp3) is 0.250. The van der Waals surface area contributed by atoms with Gasteiger partial charge in [-0.25, -0.2) is 18.1 Å². The number of aryl methyl sites for hydroxylation is 1. The standard InChI is InChI=1S/C12H15N3O3S/c1-9-2-3-11(6-10(9)8-16)19(17,18)15-7-12-13-4-5-14-12/h2-6,15-16H,7-8H2,1H3,(H,13,14). The molecule has 0 aliphatic carbocycles. The van der Waals surface area contributed by atoms with Gasteiger partial charge in [0, 0.05) is 12.4 Å². The molecule has 0 aliphatic rings. The lowest BCUT2D eigenvalue weighted by Crippen LogP contribution is -2.24. The van der Waals surface area contributed by atoms with Crippen LogP contribution in [0.4, 0.5) is 0 Å². The molecular weight excluding hydrogens is 266 g/mol. The van der Waals surface area contributed by atoms with Crippen LogP contribution < -0.4 is 4.72 Å². The first-order valence-electron chi connectivity index (χ1n) is 5.71. The van der Waals surface area contributed by atoms with Gasteiger partial charge in [-0.2, -0.15) is 0 Å².